The van der Waals surface area contributed by atoms with Gasteiger partial charge < -0.3 is 14.8 Å². The van der Waals surface area contributed by atoms with Gasteiger partial charge in [-0.05, 0) is 36.2 Å². The summed E-state index contributed by atoms with van der Waals surface area (Å²) < 4.78 is 46.5. The molecule has 0 saturated heterocycles. The lowest BCUT2D eigenvalue weighted by Crippen LogP contribution is -2.13. The van der Waals surface area contributed by atoms with Crippen molar-refractivity contribution >= 4 is 11.6 Å². The van der Waals surface area contributed by atoms with Crippen LogP contribution < -0.4 is 14.8 Å². The Balaban J connectivity index is 1.89. The summed E-state index contributed by atoms with van der Waals surface area (Å²) in [5, 5.41) is 2.64. The smallest absolute Gasteiger partial charge is 0.387 e. The normalized spacial score (nSPS) is 10.5. The Kier molecular flexibility index (Phi) is 6.06. The van der Waals surface area contributed by atoms with Crippen molar-refractivity contribution in [2.45, 2.75) is 19.5 Å². The molecule has 1 N–H and O–H groups in total. The average Bonchev–Trinajstić information content (AvgIpc) is 2.55. The van der Waals surface area contributed by atoms with Crippen LogP contribution in [0.2, 0.25) is 0 Å². The molecule has 0 heterocycles. The van der Waals surface area contributed by atoms with Crippen molar-refractivity contribution in [2.75, 3.05) is 12.4 Å². The third-order valence-corrected chi connectivity index (χ3v) is 3.23. The van der Waals surface area contributed by atoms with Gasteiger partial charge in [0.1, 0.15) is 17.3 Å². The van der Waals surface area contributed by atoms with E-state index < -0.39 is 12.4 Å². The second-order valence-corrected chi connectivity index (χ2v) is 4.92. The van der Waals surface area contributed by atoms with Crippen LogP contribution in [0.25, 0.3) is 0 Å². The molecule has 0 radical (unpaired) electrons. The minimum Gasteiger partial charge on any atom is -0.494 e. The lowest BCUT2D eigenvalue weighted by Gasteiger charge is -2.10. The summed E-state index contributed by atoms with van der Waals surface area (Å²) in [6, 6.07) is 9.89. The Hall–Kier alpha value is -2.70. The van der Waals surface area contributed by atoms with Crippen LogP contribution >= 0.6 is 0 Å². The number of aryl methyl sites for hydroxylation is 1. The van der Waals surface area contributed by atoms with Gasteiger partial charge in [0.2, 0.25) is 5.91 Å². The molecule has 0 fully saturated rings. The predicted octanol–water partition coefficient (Wildman–Crippen LogP) is 4.01. The van der Waals surface area contributed by atoms with E-state index in [1.54, 1.807) is 12.1 Å². The monoisotopic (exact) mass is 339 g/mol. The third kappa shape index (κ3) is 5.19. The van der Waals surface area contributed by atoms with Gasteiger partial charge in [-0.3, -0.25) is 4.79 Å². The summed E-state index contributed by atoms with van der Waals surface area (Å²) in [5.41, 5.74) is 1.18. The number of carbonyl (C=O) groups excluding carboxylic acids is 1. The zero-order valence-electron chi connectivity index (χ0n) is 12.9. The predicted molar refractivity (Wildman–Crippen MR) is 83.0 cm³/mol. The van der Waals surface area contributed by atoms with E-state index in [0.29, 0.717) is 12.1 Å². The molecule has 0 unspecified atom stereocenters. The maximum Gasteiger partial charge on any atom is 0.387 e. The van der Waals surface area contributed by atoms with Crippen LogP contribution in [0.1, 0.15) is 12.0 Å². The van der Waals surface area contributed by atoms with Crippen molar-refractivity contribution in [3.63, 3.8) is 0 Å². The summed E-state index contributed by atoms with van der Waals surface area (Å²) >= 11 is 0. The Morgan fingerprint density at radius 1 is 1.17 bits per heavy atom. The number of anilines is 1. The zero-order valence-corrected chi connectivity index (χ0v) is 12.9. The van der Waals surface area contributed by atoms with Crippen molar-refractivity contribution < 1.29 is 27.4 Å². The van der Waals surface area contributed by atoms with Gasteiger partial charge in [0, 0.05) is 12.5 Å². The molecule has 0 aromatic heterocycles. The number of ether oxygens (including phenoxy) is 2. The molecular weight excluding hydrogens is 323 g/mol. The molecule has 24 heavy (non-hydrogen) atoms. The lowest BCUT2D eigenvalue weighted by atomic mass is 10.1. The van der Waals surface area contributed by atoms with Crippen molar-refractivity contribution in [1.29, 1.82) is 0 Å². The molecule has 0 atom stereocenters. The SMILES string of the molecule is COc1cc(F)ccc1NC(=O)CCc1ccc(OC(F)F)cc1. The first-order chi connectivity index (χ1) is 11.5. The van der Waals surface area contributed by atoms with Gasteiger partial charge in [-0.25, -0.2) is 4.39 Å². The molecule has 0 bridgehead atoms. The lowest BCUT2D eigenvalue weighted by molar-refractivity contribution is -0.116. The van der Waals surface area contributed by atoms with Gasteiger partial charge in [0.05, 0.1) is 12.8 Å². The quantitative estimate of drug-likeness (QED) is 0.829. The Morgan fingerprint density at radius 2 is 1.88 bits per heavy atom. The van der Waals surface area contributed by atoms with E-state index in [4.69, 9.17) is 4.74 Å². The van der Waals surface area contributed by atoms with Crippen molar-refractivity contribution in [1.82, 2.24) is 0 Å². The number of nitrogens with one attached hydrogen (secondary N) is 1. The van der Waals surface area contributed by atoms with Gasteiger partial charge in [-0.2, -0.15) is 8.78 Å². The van der Waals surface area contributed by atoms with E-state index in [0.717, 1.165) is 5.56 Å². The van der Waals surface area contributed by atoms with Gasteiger partial charge in [0.25, 0.3) is 0 Å². The van der Waals surface area contributed by atoms with Gasteiger partial charge in [-0.15, -0.1) is 0 Å². The largest absolute Gasteiger partial charge is 0.494 e. The van der Waals surface area contributed by atoms with Crippen LogP contribution in [-0.4, -0.2) is 19.6 Å². The van der Waals surface area contributed by atoms with Gasteiger partial charge in [0.15, 0.2) is 0 Å². The summed E-state index contributed by atoms with van der Waals surface area (Å²) in [6.45, 7) is -2.87. The van der Waals surface area contributed by atoms with Crippen molar-refractivity contribution in [3.05, 3.63) is 53.8 Å². The number of carbonyl (C=O) groups is 1. The van der Waals surface area contributed by atoms with E-state index >= 15 is 0 Å². The first-order valence-corrected chi connectivity index (χ1v) is 7.15. The average molecular weight is 339 g/mol. The number of hydrogen-bond acceptors (Lipinski definition) is 3. The summed E-state index contributed by atoms with van der Waals surface area (Å²) in [6.07, 6.45) is 0.597. The third-order valence-electron chi connectivity index (χ3n) is 3.23. The first-order valence-electron chi connectivity index (χ1n) is 7.15. The highest BCUT2D eigenvalue weighted by Gasteiger charge is 2.09. The fraction of sp³-hybridized carbons (Fsp3) is 0.235. The highest BCUT2D eigenvalue weighted by atomic mass is 19.3. The molecule has 0 aliphatic rings. The number of benzene rings is 2. The van der Waals surface area contributed by atoms with E-state index in [-0.39, 0.29) is 23.8 Å². The Morgan fingerprint density at radius 3 is 2.50 bits per heavy atom. The maximum atomic E-state index is 13.1. The van der Waals surface area contributed by atoms with Crippen molar-refractivity contribution in [2.24, 2.45) is 0 Å². The second kappa shape index (κ2) is 8.24. The molecule has 7 heteroatoms. The number of hydrogen-bond donors (Lipinski definition) is 1. The van der Waals surface area contributed by atoms with E-state index in [1.807, 2.05) is 0 Å². The Labute approximate surface area is 137 Å². The highest BCUT2D eigenvalue weighted by Crippen LogP contribution is 2.25. The van der Waals surface area contributed by atoms with E-state index in [1.165, 1.54) is 37.4 Å². The van der Waals surface area contributed by atoms with Crippen LogP contribution in [0.3, 0.4) is 0 Å². The topological polar surface area (TPSA) is 47.6 Å². The van der Waals surface area contributed by atoms with Crippen LogP contribution in [0.5, 0.6) is 11.5 Å². The number of rotatable bonds is 7. The molecule has 0 spiro atoms. The van der Waals surface area contributed by atoms with Crippen LogP contribution in [0.15, 0.2) is 42.5 Å². The minimum atomic E-state index is -2.87. The maximum absolute atomic E-state index is 13.1. The summed E-state index contributed by atoms with van der Waals surface area (Å²) in [5.74, 6) is -0.435. The molecular formula is C17H16F3NO3. The fourth-order valence-electron chi connectivity index (χ4n) is 2.08. The minimum absolute atomic E-state index is 0.0641. The molecule has 2 aromatic rings. The molecule has 0 saturated carbocycles. The highest BCUT2D eigenvalue weighted by molar-refractivity contribution is 5.92. The molecule has 0 aliphatic carbocycles. The number of amides is 1. The van der Waals surface area contributed by atoms with E-state index in [2.05, 4.69) is 10.1 Å². The molecule has 2 rings (SSSR count). The van der Waals surface area contributed by atoms with Crippen molar-refractivity contribution in [3.8, 4) is 11.5 Å². The second-order valence-electron chi connectivity index (χ2n) is 4.92. The van der Waals surface area contributed by atoms with Gasteiger partial charge in [-0.1, -0.05) is 12.1 Å². The standard InChI is InChI=1S/C17H16F3NO3/c1-23-15-10-12(18)5-8-14(15)21-16(22)9-4-11-2-6-13(7-3-11)24-17(19)20/h2-3,5-8,10,17H,4,9H2,1H3,(H,21,22). The molecule has 128 valence electrons. The zero-order chi connectivity index (χ0) is 17.5. The summed E-state index contributed by atoms with van der Waals surface area (Å²) in [7, 11) is 1.38. The molecule has 4 nitrogen and oxygen atoms in total. The van der Waals surface area contributed by atoms with Gasteiger partial charge >= 0.3 is 6.61 Å². The van der Waals surface area contributed by atoms with E-state index in [9.17, 15) is 18.0 Å². The number of halogens is 3. The number of alkyl halides is 2. The fourth-order valence-corrected chi connectivity index (χ4v) is 2.08. The molecule has 0 aliphatic heterocycles. The van der Waals surface area contributed by atoms with Crippen LogP contribution in [-0.2, 0) is 11.2 Å². The van der Waals surface area contributed by atoms with Crippen LogP contribution in [0.4, 0.5) is 18.9 Å². The first kappa shape index (κ1) is 17.7. The molecule has 2 aromatic carbocycles. The van der Waals surface area contributed by atoms with Crippen LogP contribution in [0, 0.1) is 5.82 Å². The Bertz CT molecular complexity index is 690. The number of methoxy groups -OCH3 is 1. The molecule has 1 amide bonds. The summed E-state index contributed by atoms with van der Waals surface area (Å²) in [4.78, 5) is 12.0.